The molecule has 0 amide bonds. The molecule has 1 aromatic carbocycles. The third-order valence-corrected chi connectivity index (χ3v) is 3.94. The van der Waals surface area contributed by atoms with E-state index in [1.54, 1.807) is 11.3 Å². The van der Waals surface area contributed by atoms with Crippen LogP contribution in [0, 0.1) is 0 Å². The molecule has 0 spiro atoms. The van der Waals surface area contributed by atoms with Crippen molar-refractivity contribution in [1.82, 2.24) is 4.98 Å². The maximum absolute atomic E-state index is 5.65. The van der Waals surface area contributed by atoms with Crippen molar-refractivity contribution in [2.24, 2.45) is 0 Å². The minimum Gasteiger partial charge on any atom is -0.491 e. The second-order valence-electron chi connectivity index (χ2n) is 5.98. The molecule has 0 unspecified atom stereocenters. The smallest absolute Gasteiger partial charge is 0.119 e. The molecule has 0 fully saturated rings. The van der Waals surface area contributed by atoms with E-state index in [1.165, 1.54) is 5.01 Å². The summed E-state index contributed by atoms with van der Waals surface area (Å²) in [5, 5.41) is 3.30. The molecular weight excluding hydrogens is 254 g/mol. The van der Waals surface area contributed by atoms with Crippen molar-refractivity contribution in [1.29, 1.82) is 0 Å². The molecule has 1 heterocycles. The van der Waals surface area contributed by atoms with Gasteiger partial charge in [0.15, 0.2) is 0 Å². The molecule has 2 aromatic rings. The summed E-state index contributed by atoms with van der Waals surface area (Å²) in [5.74, 6) is 0.907. The number of benzene rings is 1. The molecule has 0 atom stereocenters. The summed E-state index contributed by atoms with van der Waals surface area (Å²) < 4.78 is 5.65. The van der Waals surface area contributed by atoms with Gasteiger partial charge in [0.05, 0.1) is 16.8 Å². The van der Waals surface area contributed by atoms with Crippen LogP contribution in [0.4, 0.5) is 0 Å². The highest BCUT2D eigenvalue weighted by atomic mass is 32.1. The van der Waals surface area contributed by atoms with Crippen LogP contribution in [0.15, 0.2) is 29.6 Å². The maximum atomic E-state index is 5.65. The number of ether oxygens (including phenoxy) is 1. The van der Waals surface area contributed by atoms with Crippen molar-refractivity contribution >= 4 is 11.3 Å². The van der Waals surface area contributed by atoms with E-state index in [0.717, 1.165) is 17.0 Å². The lowest BCUT2D eigenvalue weighted by Gasteiger charge is -2.13. The largest absolute Gasteiger partial charge is 0.491 e. The zero-order valence-corrected chi connectivity index (χ0v) is 13.0. The van der Waals surface area contributed by atoms with Gasteiger partial charge in [-0.2, -0.15) is 0 Å². The Balaban J connectivity index is 2.20. The highest BCUT2D eigenvalue weighted by Crippen LogP contribution is 2.30. The summed E-state index contributed by atoms with van der Waals surface area (Å²) >= 11 is 1.72. The second-order valence-corrected chi connectivity index (χ2v) is 6.84. The third-order valence-electron chi connectivity index (χ3n) is 2.67. The summed E-state index contributed by atoms with van der Waals surface area (Å²) in [4.78, 5) is 4.72. The van der Waals surface area contributed by atoms with E-state index >= 15 is 0 Å². The van der Waals surface area contributed by atoms with Gasteiger partial charge in [-0.3, -0.25) is 0 Å². The van der Waals surface area contributed by atoms with E-state index in [-0.39, 0.29) is 11.5 Å². The molecule has 0 N–H and O–H groups in total. The Morgan fingerprint density at radius 3 is 2.21 bits per heavy atom. The van der Waals surface area contributed by atoms with E-state index in [0.29, 0.717) is 0 Å². The summed E-state index contributed by atoms with van der Waals surface area (Å²) in [6, 6.07) is 8.15. The number of nitrogens with zero attached hydrogens (tertiary/aromatic N) is 1. The third kappa shape index (κ3) is 3.57. The average Bonchev–Trinajstić information content (AvgIpc) is 2.78. The molecular formula is C16H21NOS. The summed E-state index contributed by atoms with van der Waals surface area (Å²) in [5.41, 5.74) is 2.30. The van der Waals surface area contributed by atoms with Crippen LogP contribution in [-0.2, 0) is 5.41 Å². The number of thiazole rings is 1. The molecule has 2 rings (SSSR count). The van der Waals surface area contributed by atoms with Crippen LogP contribution in [0.3, 0.4) is 0 Å². The van der Waals surface area contributed by atoms with E-state index < -0.39 is 0 Å². The standard InChI is InChI=1S/C16H21NOS/c1-11(2)18-13-8-6-12(7-9-13)14-10-19-15(17-14)16(3,4)5/h6-11H,1-5H3. The molecule has 0 bridgehead atoms. The molecule has 0 aliphatic carbocycles. The van der Waals surface area contributed by atoms with Crippen LogP contribution < -0.4 is 4.74 Å². The molecule has 0 saturated carbocycles. The first-order valence-electron chi connectivity index (χ1n) is 6.59. The Bertz CT molecular complexity index is 535. The predicted octanol–water partition coefficient (Wildman–Crippen LogP) is 4.89. The lowest BCUT2D eigenvalue weighted by molar-refractivity contribution is 0.242. The molecule has 0 aliphatic heterocycles. The van der Waals surface area contributed by atoms with Crippen molar-refractivity contribution in [2.45, 2.75) is 46.1 Å². The fraction of sp³-hybridized carbons (Fsp3) is 0.438. The minimum atomic E-state index is 0.115. The SMILES string of the molecule is CC(C)Oc1ccc(-c2csc(C(C)(C)C)n2)cc1. The molecule has 1 aromatic heterocycles. The molecule has 0 saturated heterocycles. The van der Waals surface area contributed by atoms with Gasteiger partial charge >= 0.3 is 0 Å². The Morgan fingerprint density at radius 1 is 1.11 bits per heavy atom. The van der Waals surface area contributed by atoms with Gasteiger partial charge in [0.2, 0.25) is 0 Å². The predicted molar refractivity (Wildman–Crippen MR) is 82.0 cm³/mol. The number of hydrogen-bond donors (Lipinski definition) is 0. The highest BCUT2D eigenvalue weighted by Gasteiger charge is 2.18. The average molecular weight is 275 g/mol. The number of hydrogen-bond acceptors (Lipinski definition) is 3. The van der Waals surface area contributed by atoms with E-state index in [2.05, 4.69) is 38.3 Å². The molecule has 102 valence electrons. The van der Waals surface area contributed by atoms with Gasteiger partial charge in [-0.15, -0.1) is 11.3 Å². The van der Waals surface area contributed by atoms with Gasteiger partial charge in [-0.1, -0.05) is 20.8 Å². The van der Waals surface area contributed by atoms with Crippen LogP contribution in [0.1, 0.15) is 39.6 Å². The Morgan fingerprint density at radius 2 is 1.74 bits per heavy atom. The van der Waals surface area contributed by atoms with Crippen molar-refractivity contribution in [3.8, 4) is 17.0 Å². The minimum absolute atomic E-state index is 0.115. The van der Waals surface area contributed by atoms with Gasteiger partial charge in [-0.05, 0) is 38.1 Å². The quantitative estimate of drug-likeness (QED) is 0.795. The van der Waals surface area contributed by atoms with Crippen molar-refractivity contribution in [3.05, 3.63) is 34.7 Å². The van der Waals surface area contributed by atoms with Crippen LogP contribution in [0.2, 0.25) is 0 Å². The fourth-order valence-corrected chi connectivity index (χ4v) is 2.64. The van der Waals surface area contributed by atoms with Crippen LogP contribution in [0.25, 0.3) is 11.3 Å². The first-order chi connectivity index (χ1) is 8.86. The van der Waals surface area contributed by atoms with Crippen molar-refractivity contribution < 1.29 is 4.74 Å². The van der Waals surface area contributed by atoms with Crippen molar-refractivity contribution in [3.63, 3.8) is 0 Å². The summed E-state index contributed by atoms with van der Waals surface area (Å²) in [6.07, 6.45) is 0.206. The lowest BCUT2D eigenvalue weighted by Crippen LogP contribution is -2.10. The summed E-state index contributed by atoms with van der Waals surface area (Å²) in [6.45, 7) is 10.6. The van der Waals surface area contributed by atoms with Gasteiger partial charge in [0.1, 0.15) is 5.75 Å². The Hall–Kier alpha value is -1.35. The first kappa shape index (κ1) is 14.1. The molecule has 19 heavy (non-hydrogen) atoms. The Labute approximate surface area is 119 Å². The zero-order valence-electron chi connectivity index (χ0n) is 12.2. The zero-order chi connectivity index (χ0) is 14.0. The van der Waals surface area contributed by atoms with E-state index in [4.69, 9.17) is 9.72 Å². The number of aromatic nitrogens is 1. The van der Waals surface area contributed by atoms with Crippen molar-refractivity contribution in [2.75, 3.05) is 0 Å². The summed E-state index contributed by atoms with van der Waals surface area (Å²) in [7, 11) is 0. The highest BCUT2D eigenvalue weighted by molar-refractivity contribution is 7.10. The molecule has 3 heteroatoms. The van der Waals surface area contributed by atoms with E-state index in [9.17, 15) is 0 Å². The maximum Gasteiger partial charge on any atom is 0.119 e. The van der Waals surface area contributed by atoms with Crippen LogP contribution >= 0.6 is 11.3 Å². The molecule has 0 radical (unpaired) electrons. The normalized spacial score (nSPS) is 11.9. The van der Waals surface area contributed by atoms with Crippen LogP contribution in [-0.4, -0.2) is 11.1 Å². The van der Waals surface area contributed by atoms with Gasteiger partial charge in [-0.25, -0.2) is 4.98 Å². The molecule has 2 nitrogen and oxygen atoms in total. The lowest BCUT2D eigenvalue weighted by atomic mass is 9.98. The first-order valence-corrected chi connectivity index (χ1v) is 7.47. The topological polar surface area (TPSA) is 22.1 Å². The number of rotatable bonds is 3. The fourth-order valence-electron chi connectivity index (χ4n) is 1.73. The Kier molecular flexibility index (Phi) is 3.95. The van der Waals surface area contributed by atoms with Crippen LogP contribution in [0.5, 0.6) is 5.75 Å². The van der Waals surface area contributed by atoms with E-state index in [1.807, 2.05) is 26.0 Å². The van der Waals surface area contributed by atoms with Gasteiger partial charge in [0.25, 0.3) is 0 Å². The monoisotopic (exact) mass is 275 g/mol. The molecule has 0 aliphatic rings. The van der Waals surface area contributed by atoms with Gasteiger partial charge in [0, 0.05) is 16.4 Å². The second kappa shape index (κ2) is 5.33. The van der Waals surface area contributed by atoms with Gasteiger partial charge < -0.3 is 4.74 Å².